The molecule has 1 saturated heterocycles. The number of likely N-dealkylation sites (tertiary alicyclic amines) is 1. The van der Waals surface area contributed by atoms with Crippen LogP contribution in [0.1, 0.15) is 33.1 Å². The van der Waals surface area contributed by atoms with Crippen LogP contribution in [-0.4, -0.2) is 74.7 Å². The number of carbonyl (C=O) groups is 1. The van der Waals surface area contributed by atoms with E-state index in [1.54, 1.807) is 0 Å². The van der Waals surface area contributed by atoms with Crippen molar-refractivity contribution in [2.24, 2.45) is 0 Å². The highest BCUT2D eigenvalue weighted by Crippen LogP contribution is 2.21. The summed E-state index contributed by atoms with van der Waals surface area (Å²) in [4.78, 5) is 16.7. The molecule has 0 aromatic carbocycles. The van der Waals surface area contributed by atoms with E-state index >= 15 is 0 Å². The molecule has 1 fully saturated rings. The molecule has 5 heteroatoms. The fourth-order valence-electron chi connectivity index (χ4n) is 3.06. The molecule has 0 radical (unpaired) electrons. The summed E-state index contributed by atoms with van der Waals surface area (Å²) in [7, 11) is 5.70. The maximum absolute atomic E-state index is 12.0. The molecule has 0 aromatic rings. The van der Waals surface area contributed by atoms with E-state index in [9.17, 15) is 4.79 Å². The van der Waals surface area contributed by atoms with Gasteiger partial charge in [-0.05, 0) is 53.4 Å². The monoisotopic (exact) mass is 285 g/mol. The molecule has 0 aromatic heterocycles. The zero-order valence-corrected chi connectivity index (χ0v) is 13.7. The predicted octanol–water partition coefficient (Wildman–Crippen LogP) is 0.944. The zero-order valence-electron chi connectivity index (χ0n) is 13.7. The highest BCUT2D eigenvalue weighted by Gasteiger charge is 2.35. The third kappa shape index (κ3) is 4.72. The van der Waals surface area contributed by atoms with Crippen molar-refractivity contribution >= 4 is 5.97 Å². The van der Waals surface area contributed by atoms with E-state index in [-0.39, 0.29) is 5.97 Å². The minimum atomic E-state index is -0.575. The standard InChI is InChI=1S/C15H31N3O2/c1-6-16-15(2,14(19)20-5)9-11-18-10-7-8-13(18)12-17(3)4/h13,16H,6-12H2,1-5H3. The fraction of sp³-hybridized carbons (Fsp3) is 0.933. The van der Waals surface area contributed by atoms with Crippen molar-refractivity contribution in [1.82, 2.24) is 15.1 Å². The molecule has 20 heavy (non-hydrogen) atoms. The van der Waals surface area contributed by atoms with E-state index in [1.165, 1.54) is 20.0 Å². The van der Waals surface area contributed by atoms with Gasteiger partial charge >= 0.3 is 5.97 Å². The summed E-state index contributed by atoms with van der Waals surface area (Å²) in [6.07, 6.45) is 3.31. The van der Waals surface area contributed by atoms with Crippen LogP contribution in [0.15, 0.2) is 0 Å². The molecule has 1 N–H and O–H groups in total. The molecule has 5 nitrogen and oxygen atoms in total. The van der Waals surface area contributed by atoms with Crippen LogP contribution in [0.2, 0.25) is 0 Å². The van der Waals surface area contributed by atoms with Gasteiger partial charge in [0.2, 0.25) is 0 Å². The Labute approximate surface area is 123 Å². The Balaban J connectivity index is 2.56. The third-order valence-electron chi connectivity index (χ3n) is 4.18. The average molecular weight is 285 g/mol. The second-order valence-electron chi connectivity index (χ2n) is 6.20. The molecule has 0 bridgehead atoms. The number of esters is 1. The van der Waals surface area contributed by atoms with Gasteiger partial charge in [0.25, 0.3) is 0 Å². The van der Waals surface area contributed by atoms with E-state index in [1.807, 2.05) is 13.8 Å². The van der Waals surface area contributed by atoms with Crippen LogP contribution in [0.25, 0.3) is 0 Å². The number of rotatable bonds is 8. The Morgan fingerprint density at radius 2 is 2.20 bits per heavy atom. The summed E-state index contributed by atoms with van der Waals surface area (Å²) in [6, 6.07) is 0.619. The maximum atomic E-state index is 12.0. The topological polar surface area (TPSA) is 44.8 Å². The highest BCUT2D eigenvalue weighted by molar-refractivity contribution is 5.80. The van der Waals surface area contributed by atoms with Crippen LogP contribution in [0.3, 0.4) is 0 Å². The lowest BCUT2D eigenvalue weighted by Crippen LogP contribution is -2.52. The predicted molar refractivity (Wildman–Crippen MR) is 81.9 cm³/mol. The fourth-order valence-corrected chi connectivity index (χ4v) is 3.06. The lowest BCUT2D eigenvalue weighted by atomic mass is 9.97. The smallest absolute Gasteiger partial charge is 0.325 e. The van der Waals surface area contributed by atoms with E-state index in [4.69, 9.17) is 4.74 Å². The van der Waals surface area contributed by atoms with Crippen molar-refractivity contribution in [2.45, 2.75) is 44.7 Å². The summed E-state index contributed by atoms with van der Waals surface area (Å²) in [5.74, 6) is -0.164. The molecule has 0 amide bonds. The molecule has 1 aliphatic rings. The SMILES string of the molecule is CCNC(C)(CCN1CCCC1CN(C)C)C(=O)OC. The number of ether oxygens (including phenoxy) is 1. The van der Waals surface area contributed by atoms with Crippen LogP contribution in [0.5, 0.6) is 0 Å². The van der Waals surface area contributed by atoms with Gasteiger partial charge in [-0.15, -0.1) is 0 Å². The molecule has 2 unspecified atom stereocenters. The number of nitrogens with one attached hydrogen (secondary N) is 1. The molecule has 0 spiro atoms. The zero-order chi connectivity index (χ0) is 15.2. The molecule has 1 heterocycles. The maximum Gasteiger partial charge on any atom is 0.325 e. The molecule has 1 rings (SSSR count). The normalized spacial score (nSPS) is 23.0. The van der Waals surface area contributed by atoms with Gasteiger partial charge in [0.15, 0.2) is 0 Å². The number of carbonyl (C=O) groups excluding carboxylic acids is 1. The van der Waals surface area contributed by atoms with E-state index in [0.717, 1.165) is 32.6 Å². The van der Waals surface area contributed by atoms with Crippen molar-refractivity contribution in [2.75, 3.05) is 47.4 Å². The molecular formula is C15H31N3O2. The largest absolute Gasteiger partial charge is 0.468 e. The minimum absolute atomic E-state index is 0.164. The molecule has 1 aliphatic heterocycles. The molecule has 0 saturated carbocycles. The van der Waals surface area contributed by atoms with Gasteiger partial charge < -0.3 is 15.0 Å². The average Bonchev–Trinajstić information content (AvgIpc) is 2.82. The van der Waals surface area contributed by atoms with Crippen LogP contribution >= 0.6 is 0 Å². The van der Waals surface area contributed by atoms with Crippen LogP contribution in [0.4, 0.5) is 0 Å². The third-order valence-corrected chi connectivity index (χ3v) is 4.18. The van der Waals surface area contributed by atoms with E-state index in [0.29, 0.717) is 6.04 Å². The van der Waals surface area contributed by atoms with E-state index < -0.39 is 5.54 Å². The Morgan fingerprint density at radius 1 is 1.50 bits per heavy atom. The van der Waals surface area contributed by atoms with Gasteiger partial charge in [0.05, 0.1) is 7.11 Å². The van der Waals surface area contributed by atoms with Gasteiger partial charge in [0, 0.05) is 19.1 Å². The molecular weight excluding hydrogens is 254 g/mol. The number of hydrogen-bond acceptors (Lipinski definition) is 5. The summed E-state index contributed by atoms with van der Waals surface area (Å²) < 4.78 is 4.95. The highest BCUT2D eigenvalue weighted by atomic mass is 16.5. The van der Waals surface area contributed by atoms with Crippen LogP contribution in [0, 0.1) is 0 Å². The molecule has 118 valence electrons. The quantitative estimate of drug-likeness (QED) is 0.673. The van der Waals surface area contributed by atoms with Crippen LogP contribution < -0.4 is 5.32 Å². The Morgan fingerprint density at radius 3 is 2.75 bits per heavy atom. The molecule has 2 atom stereocenters. The van der Waals surface area contributed by atoms with Gasteiger partial charge in [-0.2, -0.15) is 0 Å². The number of nitrogens with zero attached hydrogens (tertiary/aromatic N) is 2. The minimum Gasteiger partial charge on any atom is -0.468 e. The van der Waals surface area contributed by atoms with Gasteiger partial charge in [-0.25, -0.2) is 0 Å². The van der Waals surface area contributed by atoms with Crippen molar-refractivity contribution in [3.05, 3.63) is 0 Å². The number of likely N-dealkylation sites (N-methyl/N-ethyl adjacent to an activating group) is 2. The first-order chi connectivity index (χ1) is 9.42. The first-order valence-corrected chi connectivity index (χ1v) is 7.65. The van der Waals surface area contributed by atoms with Crippen molar-refractivity contribution in [1.29, 1.82) is 0 Å². The second-order valence-corrected chi connectivity index (χ2v) is 6.20. The van der Waals surface area contributed by atoms with Gasteiger partial charge in [-0.1, -0.05) is 6.92 Å². The summed E-state index contributed by atoms with van der Waals surface area (Å²) >= 11 is 0. The van der Waals surface area contributed by atoms with Gasteiger partial charge in [0.1, 0.15) is 5.54 Å². The summed E-state index contributed by atoms with van der Waals surface area (Å²) in [5.41, 5.74) is -0.575. The van der Waals surface area contributed by atoms with Gasteiger partial charge in [-0.3, -0.25) is 9.69 Å². The second kappa shape index (κ2) is 7.96. The Hall–Kier alpha value is -0.650. The summed E-state index contributed by atoms with van der Waals surface area (Å²) in [5, 5.41) is 3.28. The first kappa shape index (κ1) is 17.4. The Kier molecular flexibility index (Phi) is 6.92. The van der Waals surface area contributed by atoms with Crippen LogP contribution in [-0.2, 0) is 9.53 Å². The number of hydrogen-bond donors (Lipinski definition) is 1. The lowest BCUT2D eigenvalue weighted by molar-refractivity contribution is -0.148. The summed E-state index contributed by atoms with van der Waals surface area (Å²) in [6.45, 7) is 7.91. The molecule has 0 aliphatic carbocycles. The lowest BCUT2D eigenvalue weighted by Gasteiger charge is -2.32. The number of methoxy groups -OCH3 is 1. The van der Waals surface area contributed by atoms with Crippen molar-refractivity contribution < 1.29 is 9.53 Å². The van der Waals surface area contributed by atoms with Crippen molar-refractivity contribution in [3.63, 3.8) is 0 Å². The first-order valence-electron chi connectivity index (χ1n) is 7.65. The Bertz CT molecular complexity index is 309. The van der Waals surface area contributed by atoms with E-state index in [2.05, 4.69) is 29.2 Å². The van der Waals surface area contributed by atoms with Crippen molar-refractivity contribution in [3.8, 4) is 0 Å².